The van der Waals surface area contributed by atoms with Crippen molar-refractivity contribution in [3.8, 4) is 0 Å². The predicted molar refractivity (Wildman–Crippen MR) is 73.2 cm³/mol. The molecule has 1 aromatic rings. The lowest BCUT2D eigenvalue weighted by Gasteiger charge is -2.06. The van der Waals surface area contributed by atoms with E-state index < -0.39 is 0 Å². The van der Waals surface area contributed by atoms with Crippen LogP contribution in [0.3, 0.4) is 0 Å². The molecule has 0 unspecified atom stereocenters. The second-order valence-electron chi connectivity index (χ2n) is 5.14. The number of hydrogen-bond donors (Lipinski definition) is 0. The maximum absolute atomic E-state index is 11.2. The zero-order valence-corrected chi connectivity index (χ0v) is 11.3. The number of Topliss-reactive ketones (excluding diaryl/α,β-unsaturated/α-hetero) is 1. The molecule has 17 heavy (non-hydrogen) atoms. The molecule has 0 saturated carbocycles. The van der Waals surface area contributed by atoms with E-state index in [0.717, 1.165) is 18.8 Å². The summed E-state index contributed by atoms with van der Waals surface area (Å²) in [6.45, 7) is 6.44. The minimum atomic E-state index is 0.355. The summed E-state index contributed by atoms with van der Waals surface area (Å²) in [5, 5.41) is 0. The molecule has 0 atom stereocenters. The smallest absolute Gasteiger partial charge is 0.132 e. The van der Waals surface area contributed by atoms with Crippen molar-refractivity contribution in [1.82, 2.24) is 0 Å². The van der Waals surface area contributed by atoms with E-state index >= 15 is 0 Å². The average Bonchev–Trinajstić information content (AvgIpc) is 2.34. The van der Waals surface area contributed by atoms with Gasteiger partial charge in [-0.15, -0.1) is 0 Å². The van der Waals surface area contributed by atoms with Crippen LogP contribution in [0, 0.1) is 5.92 Å². The average molecular weight is 232 g/mol. The molecule has 0 bridgehead atoms. The van der Waals surface area contributed by atoms with Crippen molar-refractivity contribution in [3.63, 3.8) is 0 Å². The Morgan fingerprint density at radius 1 is 1.06 bits per heavy atom. The fourth-order valence-electron chi connectivity index (χ4n) is 1.79. The number of hydrogen-bond acceptors (Lipinski definition) is 1. The minimum absolute atomic E-state index is 0.355. The molecule has 0 saturated heterocycles. The zero-order valence-electron chi connectivity index (χ0n) is 11.3. The molecule has 0 aliphatic carbocycles. The molecule has 1 nitrogen and oxygen atoms in total. The van der Waals surface area contributed by atoms with Gasteiger partial charge in [0.25, 0.3) is 0 Å². The Kier molecular flexibility index (Phi) is 5.96. The summed E-state index contributed by atoms with van der Waals surface area (Å²) in [7, 11) is 0. The third-order valence-corrected chi connectivity index (χ3v) is 3.12. The van der Waals surface area contributed by atoms with Gasteiger partial charge in [0.2, 0.25) is 0 Å². The van der Waals surface area contributed by atoms with Crippen molar-refractivity contribution in [2.45, 2.75) is 52.9 Å². The summed E-state index contributed by atoms with van der Waals surface area (Å²) in [6.07, 6.45) is 4.63. The van der Waals surface area contributed by atoms with Crippen molar-refractivity contribution in [3.05, 3.63) is 35.4 Å². The Labute approximate surface area is 105 Å². The highest BCUT2D eigenvalue weighted by molar-refractivity contribution is 5.78. The molecule has 1 rings (SSSR count). The molecule has 0 aliphatic heterocycles. The first-order valence-electron chi connectivity index (χ1n) is 6.71. The largest absolute Gasteiger partial charge is 0.300 e. The Hall–Kier alpha value is -1.11. The summed E-state index contributed by atoms with van der Waals surface area (Å²) in [5.41, 5.74) is 2.68. The summed E-state index contributed by atoms with van der Waals surface area (Å²) in [4.78, 5) is 11.2. The van der Waals surface area contributed by atoms with Crippen molar-refractivity contribution >= 4 is 5.78 Å². The van der Waals surface area contributed by atoms with Crippen molar-refractivity contribution < 1.29 is 4.79 Å². The molecule has 1 aromatic carbocycles. The molecule has 0 spiro atoms. The monoisotopic (exact) mass is 232 g/mol. The van der Waals surface area contributed by atoms with Gasteiger partial charge in [-0.1, -0.05) is 45.0 Å². The van der Waals surface area contributed by atoms with Crippen LogP contribution in [0.5, 0.6) is 0 Å². The molecule has 0 aromatic heterocycles. The van der Waals surface area contributed by atoms with E-state index in [9.17, 15) is 4.79 Å². The second kappa shape index (κ2) is 7.26. The van der Waals surface area contributed by atoms with Crippen LogP contribution in [0.1, 0.15) is 51.2 Å². The van der Waals surface area contributed by atoms with Gasteiger partial charge in [-0.05, 0) is 36.3 Å². The standard InChI is InChI=1S/C16H24O/c1-4-16(17)12-11-15-9-7-14(8-10-15)6-5-13(2)3/h7-10,13H,4-6,11-12H2,1-3H3. The first kappa shape index (κ1) is 14.0. The minimum Gasteiger partial charge on any atom is -0.300 e. The predicted octanol–water partition coefficient (Wildman–Crippen LogP) is 4.19. The second-order valence-corrected chi connectivity index (χ2v) is 5.14. The fourth-order valence-corrected chi connectivity index (χ4v) is 1.79. The van der Waals surface area contributed by atoms with Crippen LogP contribution in [-0.2, 0) is 17.6 Å². The van der Waals surface area contributed by atoms with Crippen LogP contribution < -0.4 is 0 Å². The molecule has 0 amide bonds. The fraction of sp³-hybridized carbons (Fsp3) is 0.562. The van der Waals surface area contributed by atoms with Gasteiger partial charge in [0.05, 0.1) is 0 Å². The number of aryl methyl sites for hydroxylation is 2. The first-order chi connectivity index (χ1) is 8.11. The highest BCUT2D eigenvalue weighted by atomic mass is 16.1. The van der Waals surface area contributed by atoms with Gasteiger partial charge in [0.15, 0.2) is 0 Å². The third-order valence-electron chi connectivity index (χ3n) is 3.12. The zero-order chi connectivity index (χ0) is 12.7. The van der Waals surface area contributed by atoms with E-state index in [1.165, 1.54) is 17.5 Å². The first-order valence-corrected chi connectivity index (χ1v) is 6.71. The van der Waals surface area contributed by atoms with E-state index in [-0.39, 0.29) is 0 Å². The third kappa shape index (κ3) is 5.67. The Morgan fingerprint density at radius 2 is 1.59 bits per heavy atom. The normalized spacial score (nSPS) is 10.8. The highest BCUT2D eigenvalue weighted by Crippen LogP contribution is 2.12. The van der Waals surface area contributed by atoms with Crippen LogP contribution in [0.2, 0.25) is 0 Å². The molecule has 0 radical (unpaired) electrons. The van der Waals surface area contributed by atoms with Crippen molar-refractivity contribution in [2.75, 3.05) is 0 Å². The summed E-state index contributed by atoms with van der Waals surface area (Å²) in [5.74, 6) is 1.12. The van der Waals surface area contributed by atoms with E-state index in [0.29, 0.717) is 18.6 Å². The maximum Gasteiger partial charge on any atom is 0.132 e. The Bertz CT molecular complexity index is 335. The number of rotatable bonds is 7. The summed E-state index contributed by atoms with van der Waals surface area (Å²) >= 11 is 0. The molecule has 94 valence electrons. The lowest BCUT2D eigenvalue weighted by molar-refractivity contribution is -0.118. The summed E-state index contributed by atoms with van der Waals surface area (Å²) < 4.78 is 0. The molecule has 1 heteroatoms. The molecule has 0 aliphatic rings. The van der Waals surface area contributed by atoms with Gasteiger partial charge >= 0.3 is 0 Å². The number of benzene rings is 1. The molecular weight excluding hydrogens is 208 g/mol. The highest BCUT2D eigenvalue weighted by Gasteiger charge is 2.01. The van der Waals surface area contributed by atoms with Gasteiger partial charge < -0.3 is 0 Å². The van der Waals surface area contributed by atoms with Crippen LogP contribution in [0.25, 0.3) is 0 Å². The van der Waals surface area contributed by atoms with Gasteiger partial charge in [0, 0.05) is 12.8 Å². The number of ketones is 1. The number of carbonyl (C=O) groups excluding carboxylic acids is 1. The maximum atomic E-state index is 11.2. The van der Waals surface area contributed by atoms with Crippen molar-refractivity contribution in [1.29, 1.82) is 0 Å². The van der Waals surface area contributed by atoms with Gasteiger partial charge in [-0.2, -0.15) is 0 Å². The van der Waals surface area contributed by atoms with Crippen LogP contribution in [-0.4, -0.2) is 5.78 Å². The van der Waals surface area contributed by atoms with E-state index in [4.69, 9.17) is 0 Å². The van der Waals surface area contributed by atoms with E-state index in [2.05, 4.69) is 38.1 Å². The lowest BCUT2D eigenvalue weighted by atomic mass is 10.00. The van der Waals surface area contributed by atoms with Crippen LogP contribution >= 0.6 is 0 Å². The van der Waals surface area contributed by atoms with Gasteiger partial charge in [-0.3, -0.25) is 4.79 Å². The van der Waals surface area contributed by atoms with Crippen LogP contribution in [0.4, 0.5) is 0 Å². The van der Waals surface area contributed by atoms with Crippen LogP contribution in [0.15, 0.2) is 24.3 Å². The van der Waals surface area contributed by atoms with E-state index in [1.807, 2.05) is 6.92 Å². The quantitative estimate of drug-likeness (QED) is 0.689. The number of carbonyl (C=O) groups is 1. The topological polar surface area (TPSA) is 17.1 Å². The molecular formula is C16H24O. The summed E-state index contributed by atoms with van der Waals surface area (Å²) in [6, 6.07) is 8.74. The Balaban J connectivity index is 2.42. The SMILES string of the molecule is CCC(=O)CCc1ccc(CCC(C)C)cc1. The lowest BCUT2D eigenvalue weighted by Crippen LogP contribution is -1.98. The van der Waals surface area contributed by atoms with E-state index in [1.54, 1.807) is 0 Å². The van der Waals surface area contributed by atoms with Gasteiger partial charge in [0.1, 0.15) is 5.78 Å². The molecule has 0 heterocycles. The Morgan fingerprint density at radius 3 is 2.06 bits per heavy atom. The molecule has 0 fully saturated rings. The molecule has 0 N–H and O–H groups in total. The van der Waals surface area contributed by atoms with Crippen molar-refractivity contribution in [2.24, 2.45) is 5.92 Å². The van der Waals surface area contributed by atoms with Gasteiger partial charge in [-0.25, -0.2) is 0 Å².